The van der Waals surface area contributed by atoms with Gasteiger partial charge in [0, 0.05) is 17.7 Å². The van der Waals surface area contributed by atoms with Crippen molar-refractivity contribution in [2.24, 2.45) is 0 Å². The van der Waals surface area contributed by atoms with Crippen molar-refractivity contribution in [1.82, 2.24) is 10.4 Å². The van der Waals surface area contributed by atoms with E-state index in [1.165, 1.54) is 23.1 Å². The maximum Gasteiger partial charge on any atom is 0.270 e. The summed E-state index contributed by atoms with van der Waals surface area (Å²) in [5, 5.41) is 12.5. The molecular weight excluding hydrogens is 248 g/mol. The van der Waals surface area contributed by atoms with Crippen molar-refractivity contribution in [2.45, 2.75) is 0 Å². The van der Waals surface area contributed by atoms with Gasteiger partial charge in [0.15, 0.2) is 0 Å². The smallest absolute Gasteiger partial charge is 0.270 e. The van der Waals surface area contributed by atoms with Gasteiger partial charge in [-0.1, -0.05) is 6.07 Å². The second kappa shape index (κ2) is 5.77. The third-order valence-corrected chi connectivity index (χ3v) is 3.20. The molecule has 2 N–H and O–H groups in total. The van der Waals surface area contributed by atoms with Crippen molar-refractivity contribution in [3.05, 3.63) is 39.9 Å². The number of carbonyl (C=O) groups is 1. The fourth-order valence-electron chi connectivity index (χ4n) is 1.97. The first-order valence-corrected chi connectivity index (χ1v) is 6.18. The van der Waals surface area contributed by atoms with Crippen LogP contribution in [0.5, 0.6) is 0 Å². The Morgan fingerprint density at radius 2 is 2.11 bits per heavy atom. The fourth-order valence-corrected chi connectivity index (χ4v) is 1.97. The Morgan fingerprint density at radius 1 is 1.42 bits per heavy atom. The lowest BCUT2D eigenvalue weighted by molar-refractivity contribution is -0.884. The average molecular weight is 265 g/mol. The van der Waals surface area contributed by atoms with Gasteiger partial charge < -0.3 is 4.90 Å². The van der Waals surface area contributed by atoms with Crippen molar-refractivity contribution in [1.29, 1.82) is 0 Å². The minimum atomic E-state index is -0.504. The normalized spacial score (nSPS) is 17.1. The molecule has 1 amide bonds. The molecule has 0 aliphatic carbocycles. The van der Waals surface area contributed by atoms with Crippen LogP contribution in [0.4, 0.5) is 5.69 Å². The Kier molecular flexibility index (Phi) is 4.08. The second-order valence-corrected chi connectivity index (χ2v) is 4.69. The van der Waals surface area contributed by atoms with E-state index < -0.39 is 4.92 Å². The first-order valence-electron chi connectivity index (χ1n) is 6.18. The van der Waals surface area contributed by atoms with Crippen LogP contribution in [0, 0.1) is 10.1 Å². The largest absolute Gasteiger partial charge is 0.335 e. The lowest BCUT2D eigenvalue weighted by atomic mass is 10.2. The predicted molar refractivity (Wildman–Crippen MR) is 68.8 cm³/mol. The zero-order valence-corrected chi connectivity index (χ0v) is 10.8. The number of hydrogen-bond donors (Lipinski definition) is 2. The van der Waals surface area contributed by atoms with Crippen LogP contribution in [0.2, 0.25) is 0 Å². The zero-order chi connectivity index (χ0) is 13.8. The number of nitrogens with zero attached hydrogens (tertiary/aromatic N) is 2. The summed E-state index contributed by atoms with van der Waals surface area (Å²) < 4.78 is 0. The van der Waals surface area contributed by atoms with Crippen LogP contribution in [-0.2, 0) is 0 Å². The van der Waals surface area contributed by atoms with Crippen molar-refractivity contribution in [2.75, 3.05) is 33.2 Å². The number of piperazine rings is 1. The van der Waals surface area contributed by atoms with Crippen LogP contribution in [0.25, 0.3) is 0 Å². The van der Waals surface area contributed by atoms with Gasteiger partial charge >= 0.3 is 0 Å². The Balaban J connectivity index is 2.00. The van der Waals surface area contributed by atoms with Crippen molar-refractivity contribution < 1.29 is 14.6 Å². The van der Waals surface area contributed by atoms with Gasteiger partial charge in [0.25, 0.3) is 11.6 Å². The molecule has 2 rings (SSSR count). The third-order valence-electron chi connectivity index (χ3n) is 3.20. The van der Waals surface area contributed by atoms with Crippen LogP contribution in [0.1, 0.15) is 10.4 Å². The Bertz CT molecular complexity index is 484. The lowest BCUT2D eigenvalue weighted by Gasteiger charge is -2.30. The van der Waals surface area contributed by atoms with Gasteiger partial charge in [0.2, 0.25) is 0 Å². The van der Waals surface area contributed by atoms with Gasteiger partial charge in [-0.15, -0.1) is 0 Å². The van der Waals surface area contributed by atoms with E-state index >= 15 is 0 Å². The molecule has 0 saturated carbocycles. The molecule has 1 aliphatic heterocycles. The van der Waals surface area contributed by atoms with E-state index in [2.05, 4.69) is 12.5 Å². The lowest BCUT2D eigenvalue weighted by Crippen LogP contribution is -3.12. The summed E-state index contributed by atoms with van der Waals surface area (Å²) in [5.41, 5.74) is 3.01. The van der Waals surface area contributed by atoms with Crippen LogP contribution in [-0.4, -0.2) is 49.1 Å². The SMILES string of the molecule is C[NH+]1CCN(NC(=O)c2cccc([N+](=O)[O-])c2)CC1. The molecule has 1 heterocycles. The average Bonchev–Trinajstić information content (AvgIpc) is 2.41. The molecule has 0 unspecified atom stereocenters. The number of nitrogens with one attached hydrogen (secondary N) is 2. The molecule has 0 radical (unpaired) electrons. The van der Waals surface area contributed by atoms with E-state index in [-0.39, 0.29) is 11.6 Å². The van der Waals surface area contributed by atoms with Gasteiger partial charge in [0.1, 0.15) is 0 Å². The number of non-ortho nitro benzene ring substituents is 1. The molecule has 102 valence electrons. The molecule has 0 aromatic heterocycles. The maximum absolute atomic E-state index is 12.0. The molecule has 7 heteroatoms. The minimum Gasteiger partial charge on any atom is -0.335 e. The van der Waals surface area contributed by atoms with Crippen LogP contribution < -0.4 is 10.3 Å². The van der Waals surface area contributed by atoms with Crippen LogP contribution in [0.15, 0.2) is 24.3 Å². The monoisotopic (exact) mass is 265 g/mol. The van der Waals surface area contributed by atoms with E-state index in [9.17, 15) is 14.9 Å². The summed E-state index contributed by atoms with van der Waals surface area (Å²) in [7, 11) is 2.11. The summed E-state index contributed by atoms with van der Waals surface area (Å²) in [4.78, 5) is 23.6. The highest BCUT2D eigenvalue weighted by molar-refractivity contribution is 5.94. The van der Waals surface area contributed by atoms with E-state index in [1.54, 1.807) is 6.07 Å². The topological polar surface area (TPSA) is 79.9 Å². The van der Waals surface area contributed by atoms with Gasteiger partial charge in [-0.25, -0.2) is 5.01 Å². The van der Waals surface area contributed by atoms with E-state index in [0.29, 0.717) is 5.56 Å². The van der Waals surface area contributed by atoms with Gasteiger partial charge in [-0.3, -0.25) is 20.3 Å². The highest BCUT2D eigenvalue weighted by Gasteiger charge is 2.19. The first-order chi connectivity index (χ1) is 9.06. The van der Waals surface area contributed by atoms with Gasteiger partial charge in [-0.05, 0) is 6.07 Å². The first kappa shape index (κ1) is 13.4. The molecule has 0 bridgehead atoms. The quantitative estimate of drug-likeness (QED) is 0.546. The van der Waals surface area contributed by atoms with Crippen molar-refractivity contribution in [3.63, 3.8) is 0 Å². The molecule has 1 saturated heterocycles. The molecule has 7 nitrogen and oxygen atoms in total. The molecule has 1 fully saturated rings. The minimum absolute atomic E-state index is 0.0736. The van der Waals surface area contributed by atoms with E-state index in [4.69, 9.17) is 0 Å². The predicted octanol–water partition coefficient (Wildman–Crippen LogP) is -0.930. The third kappa shape index (κ3) is 3.49. The molecular formula is C12H17N4O3+. The zero-order valence-electron chi connectivity index (χ0n) is 10.8. The summed E-state index contributed by atoms with van der Waals surface area (Å²) in [6.45, 7) is 3.50. The summed E-state index contributed by atoms with van der Waals surface area (Å²) >= 11 is 0. The van der Waals surface area contributed by atoms with Crippen molar-refractivity contribution >= 4 is 11.6 Å². The van der Waals surface area contributed by atoms with Gasteiger partial charge in [0.05, 0.1) is 38.2 Å². The number of quaternary nitrogens is 1. The highest BCUT2D eigenvalue weighted by Crippen LogP contribution is 2.12. The number of rotatable bonds is 3. The number of likely N-dealkylation sites (N-methyl/N-ethyl adjacent to an activating group) is 1. The van der Waals surface area contributed by atoms with Crippen LogP contribution >= 0.6 is 0 Å². The fraction of sp³-hybridized carbons (Fsp3) is 0.417. The highest BCUT2D eigenvalue weighted by atomic mass is 16.6. The van der Waals surface area contributed by atoms with E-state index in [0.717, 1.165) is 26.2 Å². The number of nitro benzene ring substituents is 1. The number of hydrogen-bond acceptors (Lipinski definition) is 4. The Morgan fingerprint density at radius 3 is 2.74 bits per heavy atom. The molecule has 0 spiro atoms. The number of benzene rings is 1. The molecule has 1 aromatic rings. The van der Waals surface area contributed by atoms with E-state index in [1.807, 2.05) is 5.01 Å². The number of hydrazine groups is 1. The number of carbonyl (C=O) groups excluding carboxylic acids is 1. The van der Waals surface area contributed by atoms with Crippen LogP contribution in [0.3, 0.4) is 0 Å². The summed E-state index contributed by atoms with van der Waals surface area (Å²) in [5.74, 6) is -0.303. The Hall–Kier alpha value is -1.99. The van der Waals surface area contributed by atoms with Gasteiger partial charge in [-0.2, -0.15) is 0 Å². The second-order valence-electron chi connectivity index (χ2n) is 4.69. The summed E-state index contributed by atoms with van der Waals surface area (Å²) in [6.07, 6.45) is 0. The van der Waals surface area contributed by atoms with Crippen molar-refractivity contribution in [3.8, 4) is 0 Å². The number of amides is 1. The summed E-state index contributed by atoms with van der Waals surface area (Å²) in [6, 6.07) is 5.75. The Labute approximate surface area is 110 Å². The maximum atomic E-state index is 12.0. The standard InChI is InChI=1S/C12H16N4O3/c1-14-5-7-15(8-6-14)13-12(17)10-3-2-4-11(9-10)16(18)19/h2-4,9H,5-8H2,1H3,(H,13,17)/p+1. The molecule has 19 heavy (non-hydrogen) atoms. The molecule has 0 atom stereocenters. The molecule has 1 aromatic carbocycles. The molecule has 1 aliphatic rings. The number of nitro groups is 1.